The number of aromatic amines is 1. The predicted octanol–water partition coefficient (Wildman–Crippen LogP) is 1.33. The highest BCUT2D eigenvalue weighted by atomic mass is 79.9. The molecular weight excluding hydrogens is 234 g/mol. The van der Waals surface area contributed by atoms with Gasteiger partial charge in [0, 0.05) is 11.5 Å². The fraction of sp³-hybridized carbons (Fsp3) is 0.250. The van der Waals surface area contributed by atoms with Crippen LogP contribution in [0, 0.1) is 6.92 Å². The summed E-state index contributed by atoms with van der Waals surface area (Å²) in [7, 11) is 1.70. The normalized spacial score (nSPS) is 11.0. The van der Waals surface area contributed by atoms with Crippen molar-refractivity contribution < 1.29 is 0 Å². The first kappa shape index (κ1) is 8.50. The highest BCUT2D eigenvalue weighted by Gasteiger charge is 2.06. The predicted molar refractivity (Wildman–Crippen MR) is 53.8 cm³/mol. The van der Waals surface area contributed by atoms with Gasteiger partial charge in [0.2, 0.25) is 0 Å². The van der Waals surface area contributed by atoms with E-state index in [-0.39, 0.29) is 5.69 Å². The van der Waals surface area contributed by atoms with Gasteiger partial charge < -0.3 is 4.98 Å². The van der Waals surface area contributed by atoms with Gasteiger partial charge in [-0.1, -0.05) is 0 Å². The molecule has 0 bridgehead atoms. The maximum absolute atomic E-state index is 11.2. The van der Waals surface area contributed by atoms with E-state index in [2.05, 4.69) is 25.9 Å². The van der Waals surface area contributed by atoms with Crippen LogP contribution < -0.4 is 5.69 Å². The molecule has 0 radical (unpaired) electrons. The first-order chi connectivity index (χ1) is 6.09. The molecule has 0 amide bonds. The number of imidazole rings is 1. The largest absolute Gasteiger partial charge is 0.327 e. The highest BCUT2D eigenvalue weighted by molar-refractivity contribution is 9.10. The summed E-state index contributed by atoms with van der Waals surface area (Å²) in [5.41, 5.74) is 2.18. The first-order valence-corrected chi connectivity index (χ1v) is 4.61. The number of fused-ring (bicyclic) bond motifs is 1. The average Bonchev–Trinajstić information content (AvgIpc) is 2.32. The van der Waals surface area contributed by atoms with Crippen molar-refractivity contribution in [3.05, 3.63) is 26.7 Å². The lowest BCUT2D eigenvalue weighted by Crippen LogP contribution is -2.12. The number of aromatic nitrogens is 3. The number of hydrogen-bond acceptors (Lipinski definition) is 2. The number of rotatable bonds is 0. The third-order valence-electron chi connectivity index (χ3n) is 2.00. The molecule has 5 heteroatoms. The lowest BCUT2D eigenvalue weighted by molar-refractivity contribution is 0.876. The average molecular weight is 242 g/mol. The Bertz CT molecular complexity index is 526. The van der Waals surface area contributed by atoms with Crippen LogP contribution in [-0.2, 0) is 7.05 Å². The van der Waals surface area contributed by atoms with E-state index in [0.717, 1.165) is 15.7 Å². The van der Waals surface area contributed by atoms with Crippen molar-refractivity contribution in [2.45, 2.75) is 6.92 Å². The molecule has 68 valence electrons. The third kappa shape index (κ3) is 1.19. The van der Waals surface area contributed by atoms with E-state index in [9.17, 15) is 4.79 Å². The monoisotopic (exact) mass is 241 g/mol. The summed E-state index contributed by atoms with van der Waals surface area (Å²) < 4.78 is 2.40. The summed E-state index contributed by atoms with van der Waals surface area (Å²) in [6.45, 7) is 1.89. The molecule has 0 spiro atoms. The molecule has 0 saturated heterocycles. The van der Waals surface area contributed by atoms with E-state index < -0.39 is 0 Å². The van der Waals surface area contributed by atoms with Crippen molar-refractivity contribution in [3.63, 3.8) is 0 Å². The molecule has 1 N–H and O–H groups in total. The molecule has 2 heterocycles. The van der Waals surface area contributed by atoms with E-state index >= 15 is 0 Å². The molecule has 2 rings (SSSR count). The van der Waals surface area contributed by atoms with Gasteiger partial charge in [-0.25, -0.2) is 9.78 Å². The molecule has 0 atom stereocenters. The summed E-state index contributed by atoms with van der Waals surface area (Å²) >= 11 is 3.36. The van der Waals surface area contributed by atoms with E-state index in [1.165, 1.54) is 4.57 Å². The summed E-state index contributed by atoms with van der Waals surface area (Å²) in [6, 6.07) is 1.86. The minimum Gasteiger partial charge on any atom is -0.304 e. The Morgan fingerprint density at radius 2 is 2.31 bits per heavy atom. The second kappa shape index (κ2) is 2.70. The molecule has 2 aromatic rings. The Hall–Kier alpha value is -1.10. The van der Waals surface area contributed by atoms with Crippen LogP contribution in [0.4, 0.5) is 0 Å². The number of aryl methyl sites for hydroxylation is 2. The maximum atomic E-state index is 11.2. The van der Waals surface area contributed by atoms with Crippen molar-refractivity contribution in [2.24, 2.45) is 7.05 Å². The van der Waals surface area contributed by atoms with Gasteiger partial charge >= 0.3 is 5.69 Å². The number of nitrogens with zero attached hydrogens (tertiary/aromatic N) is 2. The van der Waals surface area contributed by atoms with Crippen LogP contribution in [0.5, 0.6) is 0 Å². The third-order valence-corrected chi connectivity index (χ3v) is 2.80. The van der Waals surface area contributed by atoms with Gasteiger partial charge in [0.05, 0.1) is 11.2 Å². The second-order valence-electron chi connectivity index (χ2n) is 2.92. The molecule has 0 aromatic carbocycles. The molecule has 0 unspecified atom stereocenters. The molecule has 0 aliphatic heterocycles. The molecule has 2 aromatic heterocycles. The van der Waals surface area contributed by atoms with Gasteiger partial charge in [0.1, 0.15) is 0 Å². The Balaban J connectivity index is 2.97. The van der Waals surface area contributed by atoms with Gasteiger partial charge in [-0.2, -0.15) is 0 Å². The summed E-state index contributed by atoms with van der Waals surface area (Å²) in [4.78, 5) is 18.2. The van der Waals surface area contributed by atoms with E-state index in [1.54, 1.807) is 7.05 Å². The standard InChI is InChI=1S/C8H8BrN3O/c1-4-5(9)3-6-7(10-4)12(2)8(13)11-6/h3H,1-2H3,(H,11,13). The lowest BCUT2D eigenvalue weighted by Gasteiger charge is -1.97. The quantitative estimate of drug-likeness (QED) is 0.757. The smallest absolute Gasteiger partial charge is 0.304 e. The molecular formula is C8H8BrN3O. The Morgan fingerprint density at radius 3 is 3.00 bits per heavy atom. The Labute approximate surface area is 82.7 Å². The van der Waals surface area contributed by atoms with E-state index in [0.29, 0.717) is 5.65 Å². The number of nitrogens with one attached hydrogen (secondary N) is 1. The fourth-order valence-corrected chi connectivity index (χ4v) is 1.53. The molecule has 0 aliphatic rings. The first-order valence-electron chi connectivity index (χ1n) is 3.81. The van der Waals surface area contributed by atoms with Gasteiger partial charge in [0.25, 0.3) is 0 Å². The van der Waals surface area contributed by atoms with Crippen molar-refractivity contribution in [2.75, 3.05) is 0 Å². The zero-order chi connectivity index (χ0) is 9.59. The number of pyridine rings is 1. The van der Waals surface area contributed by atoms with Gasteiger partial charge in [0.15, 0.2) is 5.65 Å². The van der Waals surface area contributed by atoms with Crippen LogP contribution in [0.15, 0.2) is 15.3 Å². The zero-order valence-corrected chi connectivity index (χ0v) is 8.84. The second-order valence-corrected chi connectivity index (χ2v) is 3.77. The summed E-state index contributed by atoms with van der Waals surface area (Å²) in [6.07, 6.45) is 0. The van der Waals surface area contributed by atoms with Gasteiger partial charge in [-0.15, -0.1) is 0 Å². The van der Waals surface area contributed by atoms with Crippen LogP contribution in [-0.4, -0.2) is 14.5 Å². The van der Waals surface area contributed by atoms with Crippen molar-refractivity contribution in [3.8, 4) is 0 Å². The van der Waals surface area contributed by atoms with Crippen LogP contribution in [0.25, 0.3) is 11.2 Å². The number of halogens is 1. The topological polar surface area (TPSA) is 50.7 Å². The fourth-order valence-electron chi connectivity index (χ4n) is 1.21. The summed E-state index contributed by atoms with van der Waals surface area (Å²) in [5, 5.41) is 0. The minimum atomic E-state index is -0.139. The zero-order valence-electron chi connectivity index (χ0n) is 7.26. The van der Waals surface area contributed by atoms with Gasteiger partial charge in [-0.3, -0.25) is 4.57 Å². The number of H-pyrrole nitrogens is 1. The van der Waals surface area contributed by atoms with E-state index in [1.807, 2.05) is 13.0 Å². The molecule has 0 saturated carbocycles. The van der Waals surface area contributed by atoms with Crippen LogP contribution in [0.2, 0.25) is 0 Å². The minimum absolute atomic E-state index is 0.139. The van der Waals surface area contributed by atoms with Crippen molar-refractivity contribution >= 4 is 27.1 Å². The van der Waals surface area contributed by atoms with Crippen molar-refractivity contribution in [1.29, 1.82) is 0 Å². The molecule has 0 fully saturated rings. The van der Waals surface area contributed by atoms with Crippen LogP contribution >= 0.6 is 15.9 Å². The van der Waals surface area contributed by atoms with E-state index in [4.69, 9.17) is 0 Å². The van der Waals surface area contributed by atoms with Crippen LogP contribution in [0.3, 0.4) is 0 Å². The number of hydrogen-bond donors (Lipinski definition) is 1. The Kier molecular flexibility index (Phi) is 1.76. The van der Waals surface area contributed by atoms with Gasteiger partial charge in [-0.05, 0) is 28.9 Å². The summed E-state index contributed by atoms with van der Waals surface area (Å²) in [5.74, 6) is 0. The molecule has 4 nitrogen and oxygen atoms in total. The maximum Gasteiger partial charge on any atom is 0.327 e. The van der Waals surface area contributed by atoms with Crippen LogP contribution in [0.1, 0.15) is 5.69 Å². The SMILES string of the molecule is Cc1nc2c(cc1Br)[nH]c(=O)n2C. The molecule has 0 aliphatic carbocycles. The Morgan fingerprint density at radius 1 is 1.62 bits per heavy atom. The lowest BCUT2D eigenvalue weighted by atomic mass is 10.3. The highest BCUT2D eigenvalue weighted by Crippen LogP contribution is 2.17. The van der Waals surface area contributed by atoms with Crippen molar-refractivity contribution in [1.82, 2.24) is 14.5 Å². The molecule has 13 heavy (non-hydrogen) atoms.